The molecule has 0 unspecified atom stereocenters. The van der Waals surface area contributed by atoms with Crippen LogP contribution in [0.25, 0.3) is 0 Å². The van der Waals surface area contributed by atoms with Crippen molar-refractivity contribution < 1.29 is 13.9 Å². The second-order valence-electron chi connectivity index (χ2n) is 5.86. The van der Waals surface area contributed by atoms with Crippen LogP contribution in [0.2, 0.25) is 5.02 Å². The second kappa shape index (κ2) is 8.06. The maximum atomic E-state index is 14.4. The van der Waals surface area contributed by atoms with Gasteiger partial charge in [-0.1, -0.05) is 17.7 Å². The Kier molecular flexibility index (Phi) is 6.35. The highest BCUT2D eigenvalue weighted by Crippen LogP contribution is 2.31. The number of carbonyl (C=O) groups is 1. The molecule has 5 nitrogen and oxygen atoms in total. The van der Waals surface area contributed by atoms with E-state index in [4.69, 9.17) is 22.1 Å². The molecular formula is C16H23ClFN3O2. The Labute approximate surface area is 140 Å². The van der Waals surface area contributed by atoms with Crippen LogP contribution < -0.4 is 11.1 Å². The third kappa shape index (κ3) is 4.64. The number of ether oxygens (including phenoxy) is 1. The van der Waals surface area contributed by atoms with Crippen LogP contribution in [0.3, 0.4) is 0 Å². The van der Waals surface area contributed by atoms with Crippen molar-refractivity contribution in [3.63, 3.8) is 0 Å². The summed E-state index contributed by atoms with van der Waals surface area (Å²) in [5, 5.41) is 3.13. The molecule has 7 heteroatoms. The van der Waals surface area contributed by atoms with Crippen LogP contribution in [0.15, 0.2) is 18.2 Å². The molecule has 128 valence electrons. The van der Waals surface area contributed by atoms with Crippen LogP contribution >= 0.6 is 11.6 Å². The fraction of sp³-hybridized carbons (Fsp3) is 0.562. The van der Waals surface area contributed by atoms with E-state index in [0.29, 0.717) is 30.3 Å². The number of amides is 1. The molecule has 0 spiro atoms. The van der Waals surface area contributed by atoms with Crippen molar-refractivity contribution in [2.24, 2.45) is 5.73 Å². The molecule has 2 rings (SSSR count). The Balaban J connectivity index is 2.25. The topological polar surface area (TPSA) is 67.6 Å². The molecule has 1 amide bonds. The third-order valence-electron chi connectivity index (χ3n) is 3.93. The lowest BCUT2D eigenvalue weighted by Gasteiger charge is -2.38. The van der Waals surface area contributed by atoms with E-state index in [0.717, 1.165) is 0 Å². The van der Waals surface area contributed by atoms with Crippen LogP contribution in [-0.2, 0) is 9.53 Å². The average molecular weight is 344 g/mol. The molecule has 1 saturated heterocycles. The monoisotopic (exact) mass is 343 g/mol. The molecule has 0 bridgehead atoms. The van der Waals surface area contributed by atoms with Gasteiger partial charge in [-0.3, -0.25) is 9.69 Å². The van der Waals surface area contributed by atoms with Crippen molar-refractivity contribution in [1.29, 1.82) is 0 Å². The SMILES string of the molecule is C[C@@H]1CN([C@H](CNC(=O)[C@@H](C)N)c2c(F)cccc2Cl)CCO1. The summed E-state index contributed by atoms with van der Waals surface area (Å²) < 4.78 is 19.9. The van der Waals surface area contributed by atoms with Gasteiger partial charge in [-0.15, -0.1) is 0 Å². The minimum Gasteiger partial charge on any atom is -0.376 e. The van der Waals surface area contributed by atoms with Gasteiger partial charge in [0, 0.05) is 30.2 Å². The minimum atomic E-state index is -0.615. The number of nitrogens with two attached hydrogens (primary N) is 1. The molecule has 3 atom stereocenters. The Bertz CT molecular complexity index is 536. The van der Waals surface area contributed by atoms with Crippen molar-refractivity contribution in [1.82, 2.24) is 10.2 Å². The zero-order valence-electron chi connectivity index (χ0n) is 13.4. The number of halogens is 2. The van der Waals surface area contributed by atoms with Crippen molar-refractivity contribution in [2.75, 3.05) is 26.2 Å². The Hall–Kier alpha value is -1.21. The first-order valence-corrected chi connectivity index (χ1v) is 8.10. The molecule has 1 aromatic carbocycles. The standard InChI is InChI=1S/C16H23ClFN3O2/c1-10-9-21(6-7-23-10)14(8-20-16(22)11(2)19)15-12(17)4-3-5-13(15)18/h3-5,10-11,14H,6-9,19H2,1-2H3,(H,20,22)/t10-,11-,14-/m1/s1. The maximum Gasteiger partial charge on any atom is 0.236 e. The predicted molar refractivity (Wildman–Crippen MR) is 87.8 cm³/mol. The van der Waals surface area contributed by atoms with E-state index in [9.17, 15) is 9.18 Å². The number of nitrogens with zero attached hydrogens (tertiary/aromatic N) is 1. The number of hydrogen-bond donors (Lipinski definition) is 2. The zero-order valence-corrected chi connectivity index (χ0v) is 14.1. The summed E-state index contributed by atoms with van der Waals surface area (Å²) in [6.07, 6.45) is 0.0425. The summed E-state index contributed by atoms with van der Waals surface area (Å²) >= 11 is 6.22. The van der Waals surface area contributed by atoms with Crippen LogP contribution in [0.5, 0.6) is 0 Å². The smallest absolute Gasteiger partial charge is 0.236 e. The van der Waals surface area contributed by atoms with E-state index in [-0.39, 0.29) is 30.4 Å². The molecule has 0 aliphatic carbocycles. The quantitative estimate of drug-likeness (QED) is 0.854. The van der Waals surface area contributed by atoms with Gasteiger partial charge in [-0.05, 0) is 26.0 Å². The maximum absolute atomic E-state index is 14.4. The normalized spacial score (nSPS) is 21.7. The molecule has 0 saturated carbocycles. The lowest BCUT2D eigenvalue weighted by Crippen LogP contribution is -2.48. The van der Waals surface area contributed by atoms with Gasteiger partial charge in [0.1, 0.15) is 5.82 Å². The summed E-state index contributed by atoms with van der Waals surface area (Å²) in [5.74, 6) is -0.652. The summed E-state index contributed by atoms with van der Waals surface area (Å²) in [6.45, 7) is 5.67. The number of hydrogen-bond acceptors (Lipinski definition) is 4. The fourth-order valence-electron chi connectivity index (χ4n) is 2.73. The summed E-state index contributed by atoms with van der Waals surface area (Å²) in [6, 6.07) is 3.63. The molecule has 3 N–H and O–H groups in total. The fourth-order valence-corrected chi connectivity index (χ4v) is 3.02. The van der Waals surface area contributed by atoms with Gasteiger partial charge < -0.3 is 15.8 Å². The average Bonchev–Trinajstić information content (AvgIpc) is 2.49. The predicted octanol–water partition coefficient (Wildman–Crippen LogP) is 1.70. The molecule has 23 heavy (non-hydrogen) atoms. The highest BCUT2D eigenvalue weighted by Gasteiger charge is 2.29. The van der Waals surface area contributed by atoms with E-state index in [1.54, 1.807) is 19.1 Å². The van der Waals surface area contributed by atoms with E-state index in [2.05, 4.69) is 10.2 Å². The van der Waals surface area contributed by atoms with Crippen LogP contribution in [0.1, 0.15) is 25.5 Å². The van der Waals surface area contributed by atoms with Crippen molar-refractivity contribution in [3.05, 3.63) is 34.6 Å². The molecule has 1 aliphatic rings. The van der Waals surface area contributed by atoms with Crippen molar-refractivity contribution >= 4 is 17.5 Å². The van der Waals surface area contributed by atoms with Gasteiger partial charge in [0.2, 0.25) is 5.91 Å². The molecule has 0 radical (unpaired) electrons. The molecule has 0 aromatic heterocycles. The number of carbonyl (C=O) groups excluding carboxylic acids is 1. The molecule has 1 aliphatic heterocycles. The first-order chi connectivity index (χ1) is 10.9. The first kappa shape index (κ1) is 18.1. The van der Waals surface area contributed by atoms with Crippen molar-refractivity contribution in [2.45, 2.75) is 32.0 Å². The lowest BCUT2D eigenvalue weighted by atomic mass is 10.0. The molecule has 1 aromatic rings. The third-order valence-corrected chi connectivity index (χ3v) is 4.26. The Morgan fingerprint density at radius 2 is 2.35 bits per heavy atom. The van der Waals surface area contributed by atoms with Gasteiger partial charge in [-0.2, -0.15) is 0 Å². The van der Waals surface area contributed by atoms with Crippen LogP contribution in [0, 0.1) is 5.82 Å². The van der Waals surface area contributed by atoms with Gasteiger partial charge in [-0.25, -0.2) is 4.39 Å². The van der Waals surface area contributed by atoms with E-state index >= 15 is 0 Å². The number of morpholine rings is 1. The van der Waals surface area contributed by atoms with E-state index in [1.807, 2.05) is 6.92 Å². The summed E-state index contributed by atoms with van der Waals surface area (Å²) in [4.78, 5) is 13.9. The Morgan fingerprint density at radius 3 is 2.96 bits per heavy atom. The van der Waals surface area contributed by atoms with E-state index in [1.165, 1.54) is 6.07 Å². The second-order valence-corrected chi connectivity index (χ2v) is 6.27. The number of rotatable bonds is 5. The van der Waals surface area contributed by atoms with Gasteiger partial charge >= 0.3 is 0 Å². The van der Waals surface area contributed by atoms with Crippen LogP contribution in [-0.4, -0.2) is 49.2 Å². The zero-order chi connectivity index (χ0) is 17.0. The largest absolute Gasteiger partial charge is 0.376 e. The van der Waals surface area contributed by atoms with E-state index < -0.39 is 6.04 Å². The number of nitrogens with one attached hydrogen (secondary N) is 1. The molecular weight excluding hydrogens is 321 g/mol. The highest BCUT2D eigenvalue weighted by molar-refractivity contribution is 6.31. The van der Waals surface area contributed by atoms with Gasteiger partial charge in [0.25, 0.3) is 0 Å². The van der Waals surface area contributed by atoms with Crippen LogP contribution in [0.4, 0.5) is 4.39 Å². The molecule has 1 heterocycles. The Morgan fingerprint density at radius 1 is 1.61 bits per heavy atom. The highest BCUT2D eigenvalue weighted by atomic mass is 35.5. The van der Waals surface area contributed by atoms with Gasteiger partial charge in [0.15, 0.2) is 0 Å². The first-order valence-electron chi connectivity index (χ1n) is 7.73. The summed E-state index contributed by atoms with van der Waals surface area (Å²) in [7, 11) is 0. The minimum absolute atomic E-state index is 0.0425. The molecule has 1 fully saturated rings. The number of benzene rings is 1. The lowest BCUT2D eigenvalue weighted by molar-refractivity contribution is -0.122. The van der Waals surface area contributed by atoms with Crippen molar-refractivity contribution in [3.8, 4) is 0 Å². The summed E-state index contributed by atoms with van der Waals surface area (Å²) in [5.41, 5.74) is 5.97. The van der Waals surface area contributed by atoms with Gasteiger partial charge in [0.05, 0.1) is 24.8 Å².